The molecule has 128 valence electrons. The van der Waals surface area contributed by atoms with Crippen LogP contribution in [0.3, 0.4) is 0 Å². The van der Waals surface area contributed by atoms with Crippen LogP contribution in [0.15, 0.2) is 29.4 Å². The number of hydrazone groups is 1. The average Bonchev–Trinajstić information content (AvgIpc) is 2.96. The van der Waals surface area contributed by atoms with E-state index in [0.717, 1.165) is 52.5 Å². The van der Waals surface area contributed by atoms with Gasteiger partial charge in [0.15, 0.2) is 0 Å². The van der Waals surface area contributed by atoms with E-state index in [-0.39, 0.29) is 24.3 Å². The van der Waals surface area contributed by atoms with Gasteiger partial charge < -0.3 is 5.73 Å². The fraction of sp³-hybridized carbons (Fsp3) is 0.312. The van der Waals surface area contributed by atoms with Crippen molar-refractivity contribution in [2.24, 2.45) is 10.8 Å². The summed E-state index contributed by atoms with van der Waals surface area (Å²) < 4.78 is 0. The lowest BCUT2D eigenvalue weighted by Gasteiger charge is -2.25. The highest BCUT2D eigenvalue weighted by Crippen LogP contribution is 2.36. The first-order valence-electron chi connectivity index (χ1n) is 7.57. The molecular formula is C16H20Cl2N6. The number of hydrogen-bond acceptors (Lipinski definition) is 3. The van der Waals surface area contributed by atoms with E-state index >= 15 is 0 Å². The van der Waals surface area contributed by atoms with Crippen LogP contribution in [-0.2, 0) is 12.8 Å². The van der Waals surface area contributed by atoms with Crippen LogP contribution in [0.5, 0.6) is 0 Å². The van der Waals surface area contributed by atoms with Crippen LogP contribution in [0.4, 0.5) is 0 Å². The van der Waals surface area contributed by atoms with Crippen molar-refractivity contribution in [3.05, 3.63) is 51.8 Å². The summed E-state index contributed by atoms with van der Waals surface area (Å²) in [5.41, 5.74) is 13.0. The van der Waals surface area contributed by atoms with Gasteiger partial charge in [-0.15, -0.1) is 12.4 Å². The summed E-state index contributed by atoms with van der Waals surface area (Å²) in [6.07, 6.45) is 2.39. The molecule has 1 unspecified atom stereocenters. The third-order valence-corrected chi connectivity index (χ3v) is 4.43. The van der Waals surface area contributed by atoms with Gasteiger partial charge in [-0.25, -0.2) is 5.43 Å². The second-order valence-corrected chi connectivity index (χ2v) is 6.00. The second kappa shape index (κ2) is 7.68. The fourth-order valence-electron chi connectivity index (χ4n) is 3.07. The van der Waals surface area contributed by atoms with Gasteiger partial charge in [-0.2, -0.15) is 10.2 Å². The minimum absolute atomic E-state index is 0. The van der Waals surface area contributed by atoms with Gasteiger partial charge in [-0.3, -0.25) is 10.5 Å². The molecule has 8 heteroatoms. The highest BCUT2D eigenvalue weighted by Gasteiger charge is 2.30. The molecule has 0 bridgehead atoms. The Bertz CT molecular complexity index is 768. The van der Waals surface area contributed by atoms with Crippen LogP contribution in [0.1, 0.15) is 41.8 Å². The average molecular weight is 367 g/mol. The van der Waals surface area contributed by atoms with Crippen molar-refractivity contribution in [2.45, 2.75) is 32.1 Å². The molecule has 1 heterocycles. The Hall–Kier alpha value is -2.05. The molecule has 0 spiro atoms. The van der Waals surface area contributed by atoms with Crippen molar-refractivity contribution in [1.82, 2.24) is 15.6 Å². The molecule has 1 aromatic carbocycles. The molecule has 0 saturated carbocycles. The third-order valence-electron chi connectivity index (χ3n) is 4.09. The van der Waals surface area contributed by atoms with Crippen LogP contribution in [0.2, 0.25) is 5.02 Å². The van der Waals surface area contributed by atoms with Crippen molar-refractivity contribution in [1.29, 1.82) is 5.41 Å². The number of nitrogens with zero attached hydrogens (tertiary/aromatic N) is 2. The quantitative estimate of drug-likeness (QED) is 0.381. The molecule has 24 heavy (non-hydrogen) atoms. The van der Waals surface area contributed by atoms with E-state index in [9.17, 15) is 0 Å². The smallest absolute Gasteiger partial charge is 0.206 e. The summed E-state index contributed by atoms with van der Waals surface area (Å²) in [5, 5.41) is 19.9. The first-order valence-corrected chi connectivity index (χ1v) is 7.95. The zero-order valence-corrected chi connectivity index (χ0v) is 14.8. The number of rotatable bonds is 3. The van der Waals surface area contributed by atoms with Crippen LogP contribution in [0, 0.1) is 5.41 Å². The lowest BCUT2D eigenvalue weighted by molar-refractivity contribution is 0.677. The van der Waals surface area contributed by atoms with E-state index in [1.54, 1.807) is 0 Å². The molecule has 3 rings (SSSR count). The number of halogens is 2. The van der Waals surface area contributed by atoms with Gasteiger partial charge in [0.25, 0.3) is 0 Å². The number of benzene rings is 1. The van der Waals surface area contributed by atoms with Crippen LogP contribution < -0.4 is 11.2 Å². The van der Waals surface area contributed by atoms with E-state index in [1.165, 1.54) is 0 Å². The molecule has 1 aliphatic carbocycles. The Morgan fingerprint density at radius 1 is 1.46 bits per heavy atom. The summed E-state index contributed by atoms with van der Waals surface area (Å²) in [6, 6.07) is 7.87. The molecule has 0 amide bonds. The van der Waals surface area contributed by atoms with Gasteiger partial charge in [-0.1, -0.05) is 36.7 Å². The Labute approximate surface area is 151 Å². The highest BCUT2D eigenvalue weighted by atomic mass is 35.5. The number of aromatic nitrogens is 2. The topological polar surface area (TPSA) is 103 Å². The normalized spacial score (nSPS) is 17.9. The van der Waals surface area contributed by atoms with E-state index < -0.39 is 0 Å². The SMILES string of the molecule is CCc1n[nH]c2c1C(=NNC(=N)N)CC(c1ccccc1Cl)C2.Cl. The standard InChI is InChI=1S/C16H19ClN6.ClH/c1-2-12-15-13(21-20-12)7-9(8-14(15)22-23-16(18)19)10-5-3-4-6-11(10)17;/h3-6,9H,2,7-8H2,1H3,(H,20,21)(H4,18,19,23);1H. The zero-order chi connectivity index (χ0) is 16.4. The summed E-state index contributed by atoms with van der Waals surface area (Å²) in [6.45, 7) is 2.06. The predicted octanol–water partition coefficient (Wildman–Crippen LogP) is 2.96. The highest BCUT2D eigenvalue weighted by molar-refractivity contribution is 6.31. The van der Waals surface area contributed by atoms with Crippen LogP contribution in [0.25, 0.3) is 0 Å². The monoisotopic (exact) mass is 366 g/mol. The van der Waals surface area contributed by atoms with E-state index in [0.29, 0.717) is 0 Å². The molecule has 0 saturated heterocycles. The fourth-order valence-corrected chi connectivity index (χ4v) is 3.36. The Kier molecular flexibility index (Phi) is 5.85. The Morgan fingerprint density at radius 2 is 2.21 bits per heavy atom. The van der Waals surface area contributed by atoms with Gasteiger partial charge in [0.1, 0.15) is 0 Å². The second-order valence-electron chi connectivity index (χ2n) is 5.59. The lowest BCUT2D eigenvalue weighted by Crippen LogP contribution is -2.29. The molecule has 1 aliphatic rings. The van der Waals surface area contributed by atoms with Crippen LogP contribution in [-0.4, -0.2) is 21.9 Å². The lowest BCUT2D eigenvalue weighted by atomic mass is 9.81. The minimum Gasteiger partial charge on any atom is -0.369 e. The molecule has 2 aromatic rings. The summed E-state index contributed by atoms with van der Waals surface area (Å²) >= 11 is 6.36. The van der Waals surface area contributed by atoms with Gasteiger partial charge >= 0.3 is 0 Å². The van der Waals surface area contributed by atoms with Crippen molar-refractivity contribution < 1.29 is 0 Å². The molecule has 0 aliphatic heterocycles. The first kappa shape index (κ1) is 18.3. The maximum atomic E-state index is 7.32. The largest absolute Gasteiger partial charge is 0.369 e. The maximum absolute atomic E-state index is 7.32. The number of aromatic amines is 1. The minimum atomic E-state index is -0.180. The number of fused-ring (bicyclic) bond motifs is 1. The molecule has 5 N–H and O–H groups in total. The molecular weight excluding hydrogens is 347 g/mol. The van der Waals surface area contributed by atoms with Crippen molar-refractivity contribution in [3.63, 3.8) is 0 Å². The van der Waals surface area contributed by atoms with Crippen molar-refractivity contribution >= 4 is 35.7 Å². The molecule has 1 aromatic heterocycles. The number of guanidine groups is 1. The Morgan fingerprint density at radius 3 is 2.88 bits per heavy atom. The van der Waals surface area contributed by atoms with Gasteiger partial charge in [0.2, 0.25) is 5.96 Å². The number of H-pyrrole nitrogens is 1. The number of hydrogen-bond donors (Lipinski definition) is 4. The predicted molar refractivity (Wildman–Crippen MR) is 99.3 cm³/mol. The molecule has 0 fully saturated rings. The molecule has 1 atom stereocenters. The van der Waals surface area contributed by atoms with Crippen molar-refractivity contribution in [3.8, 4) is 0 Å². The first-order chi connectivity index (χ1) is 11.1. The van der Waals surface area contributed by atoms with E-state index in [1.807, 2.05) is 24.3 Å². The number of aryl methyl sites for hydroxylation is 1. The Balaban J connectivity index is 0.00000208. The van der Waals surface area contributed by atoms with Crippen LogP contribution >= 0.6 is 24.0 Å². The molecule has 6 nitrogen and oxygen atoms in total. The van der Waals surface area contributed by atoms with Gasteiger partial charge in [-0.05, 0) is 36.8 Å². The zero-order valence-electron chi connectivity index (χ0n) is 13.3. The third kappa shape index (κ3) is 3.55. The van der Waals surface area contributed by atoms with E-state index in [2.05, 4.69) is 27.6 Å². The van der Waals surface area contributed by atoms with Gasteiger partial charge in [0.05, 0.1) is 11.4 Å². The van der Waals surface area contributed by atoms with E-state index in [4.69, 9.17) is 22.7 Å². The molecule has 0 radical (unpaired) electrons. The summed E-state index contributed by atoms with van der Waals surface area (Å²) in [4.78, 5) is 0. The van der Waals surface area contributed by atoms with Crippen molar-refractivity contribution in [2.75, 3.05) is 0 Å². The van der Waals surface area contributed by atoms with Gasteiger partial charge in [0, 0.05) is 16.3 Å². The summed E-state index contributed by atoms with van der Waals surface area (Å²) in [7, 11) is 0. The number of nitrogens with one attached hydrogen (secondary N) is 3. The summed E-state index contributed by atoms with van der Waals surface area (Å²) in [5.74, 6) is 0.0364. The maximum Gasteiger partial charge on any atom is 0.206 e. The number of nitrogens with two attached hydrogens (primary N) is 1.